The lowest BCUT2D eigenvalue weighted by Crippen LogP contribution is -2.35. The number of nitrogens with one attached hydrogen (secondary N) is 2. The van der Waals surface area contributed by atoms with Crippen LogP contribution in [0.2, 0.25) is 0 Å². The molecule has 7 heteroatoms. The van der Waals surface area contributed by atoms with Gasteiger partial charge in [0.15, 0.2) is 0 Å². The van der Waals surface area contributed by atoms with Gasteiger partial charge < -0.3 is 10.6 Å². The van der Waals surface area contributed by atoms with Gasteiger partial charge in [-0.25, -0.2) is 4.39 Å². The fourth-order valence-corrected chi connectivity index (χ4v) is 3.09. The van der Waals surface area contributed by atoms with Crippen molar-refractivity contribution in [2.24, 2.45) is 13.0 Å². The van der Waals surface area contributed by atoms with E-state index in [4.69, 9.17) is 0 Å². The monoisotopic (exact) mass is 352 g/mol. The highest BCUT2D eigenvalue weighted by Gasteiger charge is 2.34. The number of carbonyl (C=O) groups is 1. The summed E-state index contributed by atoms with van der Waals surface area (Å²) in [6, 6.07) is 6.48. The first kappa shape index (κ1) is 18.4. The molecule has 3 rings (SSSR count). The van der Waals surface area contributed by atoms with Crippen LogP contribution in [0.25, 0.3) is 0 Å². The second-order valence-electron chi connectivity index (χ2n) is 5.99. The van der Waals surface area contributed by atoms with Crippen LogP contribution in [0.1, 0.15) is 17.0 Å². The van der Waals surface area contributed by atoms with Crippen LogP contribution in [0.4, 0.5) is 4.39 Å². The van der Waals surface area contributed by atoms with Gasteiger partial charge in [-0.3, -0.25) is 9.48 Å². The summed E-state index contributed by atoms with van der Waals surface area (Å²) in [5.74, 6) is -0.143. The molecule has 0 unspecified atom stereocenters. The zero-order valence-corrected chi connectivity index (χ0v) is 14.4. The van der Waals surface area contributed by atoms with Crippen LogP contribution in [0.3, 0.4) is 0 Å². The Bertz CT molecular complexity index is 691. The molecule has 1 aromatic heterocycles. The molecular weight excluding hydrogens is 331 g/mol. The second-order valence-corrected chi connectivity index (χ2v) is 5.99. The summed E-state index contributed by atoms with van der Waals surface area (Å²) in [5.41, 5.74) is 1.97. The second kappa shape index (κ2) is 8.26. The summed E-state index contributed by atoms with van der Waals surface area (Å²) < 4.78 is 14.9. The molecule has 2 heterocycles. The maximum absolute atomic E-state index is 13.1. The summed E-state index contributed by atoms with van der Waals surface area (Å²) in [4.78, 5) is 12.4. The lowest BCUT2D eigenvalue weighted by Gasteiger charge is -2.17. The Morgan fingerprint density at radius 2 is 2.29 bits per heavy atom. The van der Waals surface area contributed by atoms with Gasteiger partial charge >= 0.3 is 0 Å². The molecule has 0 radical (unpaired) electrons. The van der Waals surface area contributed by atoms with E-state index < -0.39 is 0 Å². The van der Waals surface area contributed by atoms with Gasteiger partial charge in [-0.15, -0.1) is 12.4 Å². The van der Waals surface area contributed by atoms with E-state index in [1.807, 2.05) is 25.5 Å². The number of hydrogen-bond acceptors (Lipinski definition) is 3. The van der Waals surface area contributed by atoms with Gasteiger partial charge in [-0.2, -0.15) is 5.10 Å². The molecule has 1 amide bonds. The average molecular weight is 353 g/mol. The molecule has 1 aliphatic heterocycles. The van der Waals surface area contributed by atoms with E-state index in [2.05, 4.69) is 15.7 Å². The number of halogens is 2. The largest absolute Gasteiger partial charge is 0.355 e. The molecule has 0 saturated carbocycles. The molecule has 1 aliphatic rings. The SMILES string of the molecule is Cl.Cn1cc([C@H]2CNC[C@@H]2C(=O)NCCc2cccc(F)c2)cn1. The quantitative estimate of drug-likeness (QED) is 0.860. The number of aromatic nitrogens is 2. The third-order valence-electron chi connectivity index (χ3n) is 4.31. The van der Waals surface area contributed by atoms with Gasteiger partial charge in [-0.05, 0) is 29.7 Å². The van der Waals surface area contributed by atoms with Crippen LogP contribution < -0.4 is 10.6 Å². The lowest BCUT2D eigenvalue weighted by atomic mass is 9.90. The van der Waals surface area contributed by atoms with E-state index in [0.29, 0.717) is 19.5 Å². The van der Waals surface area contributed by atoms with Crippen LogP contribution in [0, 0.1) is 11.7 Å². The summed E-state index contributed by atoms with van der Waals surface area (Å²) in [6.45, 7) is 1.97. The minimum Gasteiger partial charge on any atom is -0.355 e. The van der Waals surface area contributed by atoms with Gasteiger partial charge in [0.1, 0.15) is 5.82 Å². The molecule has 2 N–H and O–H groups in total. The van der Waals surface area contributed by atoms with Gasteiger partial charge in [0.25, 0.3) is 0 Å². The van der Waals surface area contributed by atoms with Gasteiger partial charge in [-0.1, -0.05) is 12.1 Å². The Labute approximate surface area is 147 Å². The van der Waals surface area contributed by atoms with Crippen LogP contribution in [-0.4, -0.2) is 35.3 Å². The van der Waals surface area contributed by atoms with Crippen molar-refractivity contribution in [1.82, 2.24) is 20.4 Å². The Kier molecular flexibility index (Phi) is 6.34. The van der Waals surface area contributed by atoms with Crippen molar-refractivity contribution < 1.29 is 9.18 Å². The van der Waals surface area contributed by atoms with Crippen molar-refractivity contribution in [2.45, 2.75) is 12.3 Å². The lowest BCUT2D eigenvalue weighted by molar-refractivity contribution is -0.124. The fourth-order valence-electron chi connectivity index (χ4n) is 3.09. The van der Waals surface area contributed by atoms with Crippen molar-refractivity contribution in [2.75, 3.05) is 19.6 Å². The first-order valence-electron chi connectivity index (χ1n) is 7.85. The first-order chi connectivity index (χ1) is 11.1. The van der Waals surface area contributed by atoms with E-state index in [1.165, 1.54) is 12.1 Å². The maximum Gasteiger partial charge on any atom is 0.225 e. The zero-order chi connectivity index (χ0) is 16.2. The highest BCUT2D eigenvalue weighted by molar-refractivity contribution is 5.85. The summed E-state index contributed by atoms with van der Waals surface area (Å²) in [7, 11) is 1.87. The number of nitrogens with zero attached hydrogens (tertiary/aromatic N) is 2. The van der Waals surface area contributed by atoms with Gasteiger partial charge in [0, 0.05) is 38.8 Å². The molecule has 0 bridgehead atoms. The molecule has 0 spiro atoms. The number of aryl methyl sites for hydroxylation is 1. The molecule has 5 nitrogen and oxygen atoms in total. The van der Waals surface area contributed by atoms with Crippen LogP contribution in [0.5, 0.6) is 0 Å². The third kappa shape index (κ3) is 4.33. The number of carbonyl (C=O) groups excluding carboxylic acids is 1. The predicted octanol–water partition coefficient (Wildman–Crippen LogP) is 1.64. The molecule has 2 atom stereocenters. The smallest absolute Gasteiger partial charge is 0.225 e. The number of amides is 1. The van der Waals surface area contributed by atoms with Gasteiger partial charge in [0.2, 0.25) is 5.91 Å². The standard InChI is InChI=1S/C17H21FN4O.ClH/c1-22-11-13(8-21-22)15-9-19-10-16(15)17(23)20-6-5-12-3-2-4-14(18)7-12;/h2-4,7-8,11,15-16,19H,5-6,9-10H2,1H3,(H,20,23);1H/t15-,16+;/m1./s1. The first-order valence-corrected chi connectivity index (χ1v) is 7.85. The highest BCUT2D eigenvalue weighted by atomic mass is 35.5. The van der Waals surface area contributed by atoms with Crippen molar-refractivity contribution >= 4 is 18.3 Å². The molecule has 0 aliphatic carbocycles. The summed E-state index contributed by atoms with van der Waals surface area (Å²) in [5, 5.41) is 10.4. The van der Waals surface area contributed by atoms with Crippen LogP contribution >= 0.6 is 12.4 Å². The Morgan fingerprint density at radius 1 is 1.46 bits per heavy atom. The minimum atomic E-state index is -0.245. The Balaban J connectivity index is 0.00000208. The normalized spacial score (nSPS) is 19.8. The number of benzene rings is 1. The van der Waals surface area contributed by atoms with E-state index in [-0.39, 0.29) is 36.0 Å². The number of hydrogen-bond donors (Lipinski definition) is 2. The molecule has 1 aromatic carbocycles. The topological polar surface area (TPSA) is 59.0 Å². The maximum atomic E-state index is 13.1. The molecular formula is C17H22ClFN4O. The summed E-state index contributed by atoms with van der Waals surface area (Å²) in [6.07, 6.45) is 4.41. The van der Waals surface area contributed by atoms with Crippen LogP contribution in [-0.2, 0) is 18.3 Å². The Morgan fingerprint density at radius 3 is 3.00 bits per heavy atom. The van der Waals surface area contributed by atoms with Crippen molar-refractivity contribution in [1.29, 1.82) is 0 Å². The predicted molar refractivity (Wildman–Crippen MR) is 92.7 cm³/mol. The molecule has 24 heavy (non-hydrogen) atoms. The van der Waals surface area contributed by atoms with Crippen molar-refractivity contribution in [3.63, 3.8) is 0 Å². The van der Waals surface area contributed by atoms with E-state index >= 15 is 0 Å². The highest BCUT2D eigenvalue weighted by Crippen LogP contribution is 2.27. The van der Waals surface area contributed by atoms with Crippen molar-refractivity contribution in [3.8, 4) is 0 Å². The molecule has 2 aromatic rings. The zero-order valence-electron chi connectivity index (χ0n) is 13.5. The van der Waals surface area contributed by atoms with Crippen LogP contribution in [0.15, 0.2) is 36.7 Å². The van der Waals surface area contributed by atoms with Gasteiger partial charge in [0.05, 0.1) is 12.1 Å². The molecule has 1 fully saturated rings. The van der Waals surface area contributed by atoms with E-state index in [0.717, 1.165) is 17.7 Å². The van der Waals surface area contributed by atoms with Crippen molar-refractivity contribution in [3.05, 3.63) is 53.6 Å². The summed E-state index contributed by atoms with van der Waals surface area (Å²) >= 11 is 0. The minimum absolute atomic E-state index is 0. The number of rotatable bonds is 5. The third-order valence-corrected chi connectivity index (χ3v) is 4.31. The van der Waals surface area contributed by atoms with E-state index in [9.17, 15) is 9.18 Å². The van der Waals surface area contributed by atoms with E-state index in [1.54, 1.807) is 10.7 Å². The fraction of sp³-hybridized carbons (Fsp3) is 0.412. The molecule has 1 saturated heterocycles. The average Bonchev–Trinajstić information content (AvgIpc) is 3.15. The Hall–Kier alpha value is -1.92. The molecule has 130 valence electrons.